The molecule has 24 heavy (non-hydrogen) atoms. The first-order valence-electron chi connectivity index (χ1n) is 7.61. The van der Waals surface area contributed by atoms with Crippen molar-refractivity contribution in [3.8, 4) is 5.75 Å². The maximum Gasteiger partial charge on any atom is 0.335 e. The molecule has 0 saturated heterocycles. The molecule has 0 fully saturated rings. The third kappa shape index (κ3) is 3.46. The average Bonchev–Trinajstić information content (AvgIpc) is 3.02. The molecule has 0 spiro atoms. The highest BCUT2D eigenvalue weighted by atomic mass is 16.5. The van der Waals surface area contributed by atoms with Crippen LogP contribution in [-0.4, -0.2) is 27.7 Å². The lowest BCUT2D eigenvalue weighted by molar-refractivity contribution is 0.0696. The molecule has 3 rings (SSSR count). The van der Waals surface area contributed by atoms with Gasteiger partial charge >= 0.3 is 5.97 Å². The van der Waals surface area contributed by atoms with Crippen LogP contribution >= 0.6 is 0 Å². The number of aromatic nitrogens is 2. The second-order valence-electron chi connectivity index (χ2n) is 5.47. The fourth-order valence-corrected chi connectivity index (χ4v) is 2.67. The number of aromatic carboxylic acids is 1. The predicted molar refractivity (Wildman–Crippen MR) is 90.5 cm³/mol. The van der Waals surface area contributed by atoms with Gasteiger partial charge in [-0.25, -0.2) is 9.78 Å². The van der Waals surface area contributed by atoms with Crippen molar-refractivity contribution < 1.29 is 14.6 Å². The molecule has 0 unspecified atom stereocenters. The molecule has 1 heterocycles. The van der Waals surface area contributed by atoms with E-state index in [1.807, 2.05) is 41.1 Å². The highest BCUT2D eigenvalue weighted by Crippen LogP contribution is 2.20. The number of carbonyl (C=O) groups is 1. The number of rotatable bonds is 6. The molecule has 0 saturated carbocycles. The maximum atomic E-state index is 11.1. The number of carboxylic acids is 1. The molecular formula is C19H18N2O3. The van der Waals surface area contributed by atoms with Crippen LogP contribution in [0.1, 0.15) is 27.3 Å². The molecule has 5 heteroatoms. The van der Waals surface area contributed by atoms with Gasteiger partial charge in [-0.1, -0.05) is 30.3 Å². The van der Waals surface area contributed by atoms with Crippen LogP contribution in [0.4, 0.5) is 0 Å². The Labute approximate surface area is 140 Å². The van der Waals surface area contributed by atoms with Crippen LogP contribution in [0, 0.1) is 0 Å². The first-order valence-corrected chi connectivity index (χ1v) is 7.61. The van der Waals surface area contributed by atoms with Crippen molar-refractivity contribution in [1.82, 2.24) is 9.55 Å². The first kappa shape index (κ1) is 15.8. The van der Waals surface area contributed by atoms with E-state index in [1.165, 1.54) is 0 Å². The summed E-state index contributed by atoms with van der Waals surface area (Å²) in [5.41, 5.74) is 2.28. The minimum absolute atomic E-state index is 0.291. The molecule has 1 N–H and O–H groups in total. The zero-order valence-corrected chi connectivity index (χ0v) is 13.3. The Balaban J connectivity index is 1.83. The Kier molecular flexibility index (Phi) is 4.61. The standard InChI is InChI=1S/C19H18N2O3/c1-24-17-8-3-2-6-15(17)12-18-20-9-10-21(18)13-14-5-4-7-16(11-14)19(22)23/h2-11H,12-13H2,1H3,(H,22,23). The van der Waals surface area contributed by atoms with Gasteiger partial charge in [-0.15, -0.1) is 0 Å². The normalized spacial score (nSPS) is 10.5. The number of methoxy groups -OCH3 is 1. The Morgan fingerprint density at radius 2 is 2.04 bits per heavy atom. The van der Waals surface area contributed by atoms with Crippen molar-refractivity contribution in [2.24, 2.45) is 0 Å². The van der Waals surface area contributed by atoms with Crippen molar-refractivity contribution in [1.29, 1.82) is 0 Å². The summed E-state index contributed by atoms with van der Waals surface area (Å²) in [4.78, 5) is 15.5. The van der Waals surface area contributed by atoms with E-state index in [0.29, 0.717) is 18.5 Å². The van der Waals surface area contributed by atoms with E-state index in [-0.39, 0.29) is 0 Å². The molecule has 0 aliphatic rings. The van der Waals surface area contributed by atoms with Gasteiger partial charge in [0.15, 0.2) is 0 Å². The number of ether oxygens (including phenoxy) is 1. The van der Waals surface area contributed by atoms with Crippen molar-refractivity contribution >= 4 is 5.97 Å². The fourth-order valence-electron chi connectivity index (χ4n) is 2.67. The quantitative estimate of drug-likeness (QED) is 0.757. The van der Waals surface area contributed by atoms with Gasteiger partial charge in [0, 0.05) is 30.9 Å². The number of carboxylic acid groups (broad SMARTS) is 1. The second kappa shape index (κ2) is 7.00. The molecule has 5 nitrogen and oxygen atoms in total. The largest absolute Gasteiger partial charge is 0.496 e. The molecule has 0 aliphatic heterocycles. The van der Waals surface area contributed by atoms with Crippen LogP contribution in [0.15, 0.2) is 60.9 Å². The Bertz CT molecular complexity index is 855. The fraction of sp³-hybridized carbons (Fsp3) is 0.158. The summed E-state index contributed by atoms with van der Waals surface area (Å²) < 4.78 is 7.41. The van der Waals surface area contributed by atoms with E-state index in [9.17, 15) is 4.79 Å². The average molecular weight is 322 g/mol. The Hall–Kier alpha value is -3.08. The van der Waals surface area contributed by atoms with Crippen LogP contribution in [0.3, 0.4) is 0 Å². The lowest BCUT2D eigenvalue weighted by Gasteiger charge is -2.11. The summed E-state index contributed by atoms with van der Waals surface area (Å²) in [7, 11) is 1.66. The van der Waals surface area contributed by atoms with Crippen LogP contribution < -0.4 is 4.74 Å². The molecule has 0 aliphatic carbocycles. The highest BCUT2D eigenvalue weighted by molar-refractivity contribution is 5.87. The predicted octanol–water partition coefficient (Wildman–Crippen LogP) is 3.23. The van der Waals surface area contributed by atoms with E-state index in [1.54, 1.807) is 31.5 Å². The van der Waals surface area contributed by atoms with Crippen LogP contribution in [0.25, 0.3) is 0 Å². The minimum Gasteiger partial charge on any atom is -0.496 e. The van der Waals surface area contributed by atoms with Gasteiger partial charge in [0.2, 0.25) is 0 Å². The third-order valence-corrected chi connectivity index (χ3v) is 3.87. The second-order valence-corrected chi connectivity index (χ2v) is 5.47. The molecule has 2 aromatic carbocycles. The van der Waals surface area contributed by atoms with E-state index in [0.717, 1.165) is 22.7 Å². The number of hydrogen-bond donors (Lipinski definition) is 1. The van der Waals surface area contributed by atoms with Gasteiger partial charge < -0.3 is 14.4 Å². The van der Waals surface area contributed by atoms with E-state index >= 15 is 0 Å². The molecule has 0 atom stereocenters. The molecule has 3 aromatic rings. The topological polar surface area (TPSA) is 64.4 Å². The van der Waals surface area contributed by atoms with Crippen LogP contribution in [-0.2, 0) is 13.0 Å². The number of hydrogen-bond acceptors (Lipinski definition) is 3. The van der Waals surface area contributed by atoms with Gasteiger partial charge in [0.05, 0.1) is 12.7 Å². The van der Waals surface area contributed by atoms with Gasteiger partial charge in [0.1, 0.15) is 11.6 Å². The third-order valence-electron chi connectivity index (χ3n) is 3.87. The summed E-state index contributed by atoms with van der Waals surface area (Å²) in [6, 6.07) is 14.8. The SMILES string of the molecule is COc1ccccc1Cc1nccn1Cc1cccc(C(=O)O)c1. The van der Waals surface area contributed by atoms with Crippen molar-refractivity contribution in [2.75, 3.05) is 7.11 Å². The van der Waals surface area contributed by atoms with Gasteiger partial charge in [0.25, 0.3) is 0 Å². The van der Waals surface area contributed by atoms with Gasteiger partial charge in [-0.05, 0) is 23.8 Å². The summed E-state index contributed by atoms with van der Waals surface area (Å²) in [6.07, 6.45) is 4.31. The monoisotopic (exact) mass is 322 g/mol. The molecule has 0 bridgehead atoms. The molecule has 0 radical (unpaired) electrons. The van der Waals surface area contributed by atoms with Crippen LogP contribution in [0.2, 0.25) is 0 Å². The molecule has 122 valence electrons. The van der Waals surface area contributed by atoms with Gasteiger partial charge in [-0.3, -0.25) is 0 Å². The summed E-state index contributed by atoms with van der Waals surface area (Å²) >= 11 is 0. The van der Waals surface area contributed by atoms with Crippen LogP contribution in [0.5, 0.6) is 5.75 Å². The lowest BCUT2D eigenvalue weighted by atomic mass is 10.1. The number of benzene rings is 2. The van der Waals surface area contributed by atoms with Crippen molar-refractivity contribution in [3.05, 3.63) is 83.4 Å². The van der Waals surface area contributed by atoms with E-state index < -0.39 is 5.97 Å². The molecule has 0 amide bonds. The first-order chi connectivity index (χ1) is 11.7. The Morgan fingerprint density at radius 1 is 1.21 bits per heavy atom. The van der Waals surface area contributed by atoms with E-state index in [4.69, 9.17) is 9.84 Å². The zero-order chi connectivity index (χ0) is 16.9. The van der Waals surface area contributed by atoms with Crippen molar-refractivity contribution in [2.45, 2.75) is 13.0 Å². The van der Waals surface area contributed by atoms with Crippen molar-refractivity contribution in [3.63, 3.8) is 0 Å². The number of nitrogens with zero attached hydrogens (tertiary/aromatic N) is 2. The maximum absolute atomic E-state index is 11.1. The number of para-hydroxylation sites is 1. The highest BCUT2D eigenvalue weighted by Gasteiger charge is 2.10. The smallest absolute Gasteiger partial charge is 0.335 e. The molecular weight excluding hydrogens is 304 g/mol. The summed E-state index contributed by atoms with van der Waals surface area (Å²) in [5, 5.41) is 9.11. The Morgan fingerprint density at radius 3 is 2.83 bits per heavy atom. The molecule has 1 aromatic heterocycles. The zero-order valence-electron chi connectivity index (χ0n) is 13.3. The minimum atomic E-state index is -0.920. The number of imidazole rings is 1. The summed E-state index contributed by atoms with van der Waals surface area (Å²) in [6.45, 7) is 0.575. The lowest BCUT2D eigenvalue weighted by Crippen LogP contribution is -2.07. The van der Waals surface area contributed by atoms with Gasteiger partial charge in [-0.2, -0.15) is 0 Å². The van der Waals surface area contributed by atoms with E-state index in [2.05, 4.69) is 4.98 Å². The summed E-state index contributed by atoms with van der Waals surface area (Å²) in [5.74, 6) is 0.817.